The fourth-order valence-electron chi connectivity index (χ4n) is 2.11. The molecule has 0 bridgehead atoms. The highest BCUT2D eigenvalue weighted by molar-refractivity contribution is 6.03. The summed E-state index contributed by atoms with van der Waals surface area (Å²) in [5.41, 5.74) is 3.58. The molecule has 3 rings (SSSR count). The van der Waals surface area contributed by atoms with Crippen molar-refractivity contribution in [3.8, 4) is 0 Å². The number of pyridine rings is 2. The molecule has 7 heteroatoms. The fourth-order valence-corrected chi connectivity index (χ4v) is 2.11. The number of carbonyl (C=O) groups is 1. The van der Waals surface area contributed by atoms with Gasteiger partial charge in [-0.1, -0.05) is 5.21 Å². The molecular weight excluding hydrogens is 292 g/mol. The Kier molecular flexibility index (Phi) is 4.09. The van der Waals surface area contributed by atoms with Crippen LogP contribution in [0.3, 0.4) is 0 Å². The summed E-state index contributed by atoms with van der Waals surface area (Å²) in [6.45, 7) is 4.25. The van der Waals surface area contributed by atoms with Crippen molar-refractivity contribution in [3.63, 3.8) is 0 Å². The predicted molar refractivity (Wildman–Crippen MR) is 85.0 cm³/mol. The maximum atomic E-state index is 12.3. The summed E-state index contributed by atoms with van der Waals surface area (Å²) < 4.78 is 1.69. The molecule has 3 aromatic heterocycles. The van der Waals surface area contributed by atoms with Crippen LogP contribution in [0.4, 0.5) is 5.69 Å². The summed E-state index contributed by atoms with van der Waals surface area (Å²) >= 11 is 0. The van der Waals surface area contributed by atoms with E-state index >= 15 is 0 Å². The van der Waals surface area contributed by atoms with Gasteiger partial charge in [-0.15, -0.1) is 5.10 Å². The van der Waals surface area contributed by atoms with Crippen LogP contribution >= 0.6 is 0 Å². The van der Waals surface area contributed by atoms with Crippen LogP contribution in [-0.2, 0) is 6.54 Å². The highest BCUT2D eigenvalue weighted by atomic mass is 16.2. The van der Waals surface area contributed by atoms with Crippen molar-refractivity contribution >= 4 is 11.6 Å². The third-order valence-electron chi connectivity index (χ3n) is 3.45. The van der Waals surface area contributed by atoms with E-state index in [4.69, 9.17) is 0 Å². The highest BCUT2D eigenvalue weighted by Gasteiger charge is 2.16. The molecule has 0 unspecified atom stereocenters. The first-order valence-electron chi connectivity index (χ1n) is 7.16. The van der Waals surface area contributed by atoms with Gasteiger partial charge in [0, 0.05) is 18.1 Å². The lowest BCUT2D eigenvalue weighted by Crippen LogP contribution is -2.14. The number of nitrogens with zero attached hydrogens (tertiary/aromatic N) is 5. The second-order valence-electron chi connectivity index (χ2n) is 5.18. The summed E-state index contributed by atoms with van der Waals surface area (Å²) in [6, 6.07) is 7.44. The number of amides is 1. The average molecular weight is 308 g/mol. The standard InChI is InChI=1S/C16H16N6O/c1-11-3-4-14(9-18-11)19-16(23)15-12(2)22(21-20-15)10-13-5-7-17-8-6-13/h3-9H,10H2,1-2H3,(H,19,23). The van der Waals surface area contributed by atoms with E-state index in [9.17, 15) is 4.79 Å². The minimum Gasteiger partial charge on any atom is -0.319 e. The Labute approximate surface area is 133 Å². The van der Waals surface area contributed by atoms with Crippen LogP contribution in [0, 0.1) is 13.8 Å². The molecule has 3 aromatic rings. The van der Waals surface area contributed by atoms with Gasteiger partial charge < -0.3 is 5.32 Å². The van der Waals surface area contributed by atoms with Crippen LogP contribution in [0.2, 0.25) is 0 Å². The van der Waals surface area contributed by atoms with Gasteiger partial charge >= 0.3 is 0 Å². The topological polar surface area (TPSA) is 85.6 Å². The van der Waals surface area contributed by atoms with Gasteiger partial charge in [0.25, 0.3) is 5.91 Å². The Morgan fingerprint density at radius 1 is 1.17 bits per heavy atom. The maximum Gasteiger partial charge on any atom is 0.278 e. The normalized spacial score (nSPS) is 10.5. The number of aryl methyl sites for hydroxylation is 1. The molecule has 0 aliphatic rings. The van der Waals surface area contributed by atoms with Crippen LogP contribution in [0.15, 0.2) is 42.9 Å². The molecule has 0 saturated heterocycles. The molecule has 1 N–H and O–H groups in total. The van der Waals surface area contributed by atoms with E-state index in [0.29, 0.717) is 23.6 Å². The van der Waals surface area contributed by atoms with Crippen molar-refractivity contribution in [2.24, 2.45) is 0 Å². The molecule has 0 atom stereocenters. The second-order valence-corrected chi connectivity index (χ2v) is 5.18. The van der Waals surface area contributed by atoms with Crippen molar-refractivity contribution in [3.05, 3.63) is 65.5 Å². The van der Waals surface area contributed by atoms with Crippen LogP contribution in [0.25, 0.3) is 0 Å². The van der Waals surface area contributed by atoms with E-state index in [1.54, 1.807) is 29.3 Å². The van der Waals surface area contributed by atoms with E-state index in [1.165, 1.54) is 0 Å². The summed E-state index contributed by atoms with van der Waals surface area (Å²) in [5, 5.41) is 10.8. The molecule has 0 fully saturated rings. The molecule has 1 amide bonds. The summed E-state index contributed by atoms with van der Waals surface area (Å²) in [7, 11) is 0. The minimum atomic E-state index is -0.297. The Balaban J connectivity index is 1.75. The second kappa shape index (κ2) is 6.35. The predicted octanol–water partition coefficient (Wildman–Crippen LogP) is 1.99. The third-order valence-corrected chi connectivity index (χ3v) is 3.45. The smallest absolute Gasteiger partial charge is 0.278 e. The monoisotopic (exact) mass is 308 g/mol. The quantitative estimate of drug-likeness (QED) is 0.796. The zero-order valence-electron chi connectivity index (χ0n) is 12.9. The zero-order chi connectivity index (χ0) is 16.2. The Morgan fingerprint density at radius 2 is 1.96 bits per heavy atom. The van der Waals surface area contributed by atoms with E-state index in [-0.39, 0.29) is 5.91 Å². The van der Waals surface area contributed by atoms with E-state index in [2.05, 4.69) is 25.6 Å². The average Bonchev–Trinajstić information content (AvgIpc) is 2.92. The van der Waals surface area contributed by atoms with Crippen molar-refractivity contribution in [2.45, 2.75) is 20.4 Å². The van der Waals surface area contributed by atoms with Crippen molar-refractivity contribution in [2.75, 3.05) is 5.32 Å². The maximum absolute atomic E-state index is 12.3. The van der Waals surface area contributed by atoms with Gasteiger partial charge in [-0.05, 0) is 43.7 Å². The van der Waals surface area contributed by atoms with Gasteiger partial charge in [-0.2, -0.15) is 0 Å². The Bertz CT molecular complexity index is 810. The Morgan fingerprint density at radius 3 is 2.65 bits per heavy atom. The first-order chi connectivity index (χ1) is 11.1. The molecule has 0 radical (unpaired) electrons. The Hall–Kier alpha value is -3.09. The van der Waals surface area contributed by atoms with Gasteiger partial charge in [-0.3, -0.25) is 14.8 Å². The fraction of sp³-hybridized carbons (Fsp3) is 0.188. The summed E-state index contributed by atoms with van der Waals surface area (Å²) in [6.07, 6.45) is 5.06. The number of carbonyl (C=O) groups excluding carboxylic acids is 1. The summed E-state index contributed by atoms with van der Waals surface area (Å²) in [4.78, 5) is 20.4. The molecule has 23 heavy (non-hydrogen) atoms. The van der Waals surface area contributed by atoms with Gasteiger partial charge in [0.15, 0.2) is 5.69 Å². The molecule has 7 nitrogen and oxygen atoms in total. The minimum absolute atomic E-state index is 0.297. The van der Waals surface area contributed by atoms with E-state index in [1.807, 2.05) is 32.0 Å². The lowest BCUT2D eigenvalue weighted by Gasteiger charge is -2.05. The van der Waals surface area contributed by atoms with Crippen molar-refractivity contribution in [1.29, 1.82) is 0 Å². The number of nitrogens with one attached hydrogen (secondary N) is 1. The zero-order valence-corrected chi connectivity index (χ0v) is 12.9. The molecule has 0 saturated carbocycles. The third kappa shape index (κ3) is 3.39. The lowest BCUT2D eigenvalue weighted by molar-refractivity contribution is 0.102. The molecule has 116 valence electrons. The van der Waals surface area contributed by atoms with E-state index in [0.717, 1.165) is 11.3 Å². The first-order valence-corrected chi connectivity index (χ1v) is 7.16. The molecule has 0 aliphatic carbocycles. The van der Waals surface area contributed by atoms with Gasteiger partial charge in [0.1, 0.15) is 0 Å². The molecule has 0 aromatic carbocycles. The first kappa shape index (κ1) is 14.8. The van der Waals surface area contributed by atoms with Gasteiger partial charge in [0.2, 0.25) is 0 Å². The number of anilines is 1. The van der Waals surface area contributed by atoms with E-state index < -0.39 is 0 Å². The largest absolute Gasteiger partial charge is 0.319 e. The molecular formula is C16H16N6O. The van der Waals surface area contributed by atoms with Crippen LogP contribution in [-0.4, -0.2) is 30.9 Å². The van der Waals surface area contributed by atoms with Crippen LogP contribution in [0.1, 0.15) is 27.4 Å². The van der Waals surface area contributed by atoms with Crippen LogP contribution < -0.4 is 5.32 Å². The lowest BCUT2D eigenvalue weighted by atomic mass is 10.2. The number of rotatable bonds is 4. The van der Waals surface area contributed by atoms with Gasteiger partial charge in [0.05, 0.1) is 24.1 Å². The number of aromatic nitrogens is 5. The summed E-state index contributed by atoms with van der Waals surface area (Å²) in [5.74, 6) is -0.297. The van der Waals surface area contributed by atoms with Crippen LogP contribution in [0.5, 0.6) is 0 Å². The highest BCUT2D eigenvalue weighted by Crippen LogP contribution is 2.11. The SMILES string of the molecule is Cc1ccc(NC(=O)c2nnn(Cc3ccncc3)c2C)cn1. The number of hydrogen-bond acceptors (Lipinski definition) is 5. The van der Waals surface area contributed by atoms with Gasteiger partial charge in [-0.25, -0.2) is 4.68 Å². The number of hydrogen-bond donors (Lipinski definition) is 1. The van der Waals surface area contributed by atoms with Crippen molar-refractivity contribution in [1.82, 2.24) is 25.0 Å². The molecule has 0 spiro atoms. The van der Waals surface area contributed by atoms with Crippen molar-refractivity contribution < 1.29 is 4.79 Å². The molecule has 3 heterocycles. The molecule has 0 aliphatic heterocycles.